The van der Waals surface area contributed by atoms with Gasteiger partial charge in [0.1, 0.15) is 26.4 Å². The number of anilines is 4. The van der Waals surface area contributed by atoms with Crippen LogP contribution in [0.3, 0.4) is 0 Å². The summed E-state index contributed by atoms with van der Waals surface area (Å²) in [6.45, 7) is 10.2. The van der Waals surface area contributed by atoms with Gasteiger partial charge in [-0.05, 0) is 173 Å². The van der Waals surface area contributed by atoms with Crippen molar-refractivity contribution in [2.24, 2.45) is 86.2 Å². The van der Waals surface area contributed by atoms with Crippen molar-refractivity contribution >= 4 is 115 Å². The van der Waals surface area contributed by atoms with Crippen LogP contribution in [0.15, 0.2) is 235 Å². The Morgan fingerprint density at radius 2 is 0.435 bits per heavy atom. The van der Waals surface area contributed by atoms with Crippen molar-refractivity contribution in [1.29, 1.82) is 0 Å². The Kier molecular flexibility index (Phi) is 20.7. The van der Waals surface area contributed by atoms with Crippen molar-refractivity contribution in [3.8, 4) is 0 Å². The minimum atomic E-state index is -1.45. The molecule has 8 aromatic rings. The first-order valence-electron chi connectivity index (χ1n) is 35.0. The van der Waals surface area contributed by atoms with E-state index in [1.807, 2.05) is 95.8 Å². The Morgan fingerprint density at radius 3 is 0.574 bits per heavy atom. The van der Waals surface area contributed by atoms with Gasteiger partial charge in [0.15, 0.2) is 0 Å². The van der Waals surface area contributed by atoms with Crippen molar-refractivity contribution in [3.63, 3.8) is 0 Å². The number of hydrogen-bond acceptors (Lipinski definition) is 28. The van der Waals surface area contributed by atoms with Gasteiger partial charge in [0.2, 0.25) is 0 Å². The van der Waals surface area contributed by atoms with E-state index in [9.17, 15) is 40.5 Å². The molecule has 552 valence electrons. The lowest BCUT2D eigenvalue weighted by Gasteiger charge is -3.13. The predicted octanol–water partition coefficient (Wildman–Crippen LogP) is 16.0. The molecule has 0 amide bonds. The number of rotatable bonds is 36. The first-order valence-corrected chi connectivity index (χ1v) is 35.0. The highest BCUT2D eigenvalue weighted by Crippen LogP contribution is 3.18. The van der Waals surface area contributed by atoms with E-state index in [4.69, 9.17) is 18.9 Å². The first-order chi connectivity index (χ1) is 52.3. The molecule has 0 spiro atoms. The van der Waals surface area contributed by atoms with Crippen LogP contribution in [-0.2, 0) is 38.1 Å². The zero-order chi connectivity index (χ0) is 76.1. The van der Waals surface area contributed by atoms with Crippen LogP contribution in [0.1, 0.15) is 27.7 Å². The summed E-state index contributed by atoms with van der Waals surface area (Å²) in [5, 5.41) is 78.6. The molecule has 0 N–H and O–H groups in total. The monoisotopic (exact) mass is 1460 g/mol. The Bertz CT molecular complexity index is 4200. The molecule has 0 bridgehead atoms. The summed E-state index contributed by atoms with van der Waals surface area (Å²) in [6, 6.07) is 51.4. The molecule has 108 heavy (non-hydrogen) atoms. The number of azo groups is 4. The zero-order valence-corrected chi connectivity index (χ0v) is 59.0. The molecule has 0 radical (unpaired) electrons. The van der Waals surface area contributed by atoms with E-state index >= 15 is 19.2 Å². The van der Waals surface area contributed by atoms with Crippen LogP contribution < -0.4 is 19.6 Å². The summed E-state index contributed by atoms with van der Waals surface area (Å²) in [5.41, 5.74) is 0.731. The second-order valence-electron chi connectivity index (χ2n) is 26.3. The number of hydrogen-bond donors (Lipinski definition) is 0. The lowest BCUT2D eigenvalue weighted by Crippen LogP contribution is -3.21. The number of esters is 4. The number of nitrogens with zero attached hydrogens (tertiary/aromatic N) is 16. The summed E-state index contributed by atoms with van der Waals surface area (Å²) in [7, 11) is 0. The van der Waals surface area contributed by atoms with Gasteiger partial charge >= 0.3 is 23.9 Å². The van der Waals surface area contributed by atoms with E-state index < -0.39 is 88.9 Å². The van der Waals surface area contributed by atoms with Crippen molar-refractivity contribution in [2.75, 3.05) is 98.4 Å². The fourth-order valence-electron chi connectivity index (χ4n) is 16.9. The lowest BCUT2D eigenvalue weighted by atomic mass is 8.84. The highest BCUT2D eigenvalue weighted by molar-refractivity contribution is 6.13. The third-order valence-corrected chi connectivity index (χ3v) is 21.3. The van der Waals surface area contributed by atoms with E-state index in [0.29, 0.717) is 71.7 Å². The summed E-state index contributed by atoms with van der Waals surface area (Å²) in [4.78, 5) is 112. The normalized spacial score (nSPS) is 21.3. The molecular weight excluding hydrogens is 1390 g/mol. The van der Waals surface area contributed by atoms with Crippen molar-refractivity contribution in [1.82, 2.24) is 0 Å². The molecule has 0 aromatic heterocycles. The van der Waals surface area contributed by atoms with Gasteiger partial charge in [-0.1, -0.05) is 0 Å². The molecule has 0 atom stereocenters. The molecule has 0 aliphatic heterocycles. The topological polar surface area (TPSA) is 390 Å². The van der Waals surface area contributed by atoms with Gasteiger partial charge in [0.05, 0.1) is 113 Å². The van der Waals surface area contributed by atoms with E-state index in [1.165, 1.54) is 97.1 Å². The Labute approximate surface area is 617 Å². The maximum atomic E-state index is 15.3. The third-order valence-electron chi connectivity index (χ3n) is 21.3. The van der Waals surface area contributed by atoms with Gasteiger partial charge in [-0.25, -0.2) is 0 Å². The zero-order valence-electron chi connectivity index (χ0n) is 59.0. The molecular formula is C76H72N16O16. The Hall–Kier alpha value is -13.2. The van der Waals surface area contributed by atoms with Gasteiger partial charge in [0, 0.05) is 121 Å². The van der Waals surface area contributed by atoms with Crippen molar-refractivity contribution in [3.05, 3.63) is 235 Å². The van der Waals surface area contributed by atoms with E-state index in [0.717, 1.165) is 22.7 Å². The van der Waals surface area contributed by atoms with Gasteiger partial charge in [-0.3, -0.25) is 59.6 Å². The van der Waals surface area contributed by atoms with Gasteiger partial charge in [-0.15, -0.1) is 0 Å². The molecule has 0 unspecified atom stereocenters. The molecule has 14 rings (SSSR count). The maximum absolute atomic E-state index is 15.3. The molecule has 8 aromatic carbocycles. The van der Waals surface area contributed by atoms with Crippen LogP contribution in [-0.4, -0.2) is 122 Å². The number of benzene rings is 8. The van der Waals surface area contributed by atoms with Crippen LogP contribution in [0.4, 0.5) is 91.0 Å². The van der Waals surface area contributed by atoms with Crippen LogP contribution in [0.2, 0.25) is 0 Å². The van der Waals surface area contributed by atoms with Gasteiger partial charge in [-0.2, -0.15) is 40.9 Å². The highest BCUT2D eigenvalue weighted by atomic mass is 16.6. The lowest BCUT2D eigenvalue weighted by molar-refractivity contribution is -0.684. The first kappa shape index (κ1) is 73.2. The largest absolute Gasteiger partial charge is 0.463 e. The molecule has 6 aliphatic rings. The third kappa shape index (κ3) is 12.9. The summed E-state index contributed by atoms with van der Waals surface area (Å²) in [6.07, 6.45) is 0. The fraction of sp³-hybridized carbons (Fsp3) is 0.316. The summed E-state index contributed by atoms with van der Waals surface area (Å²) < 4.78 is 25.1. The predicted molar refractivity (Wildman–Crippen MR) is 394 cm³/mol. The highest BCUT2D eigenvalue weighted by Gasteiger charge is 3.27. The van der Waals surface area contributed by atoms with Gasteiger partial charge in [0.25, 0.3) is 22.7 Å². The SMILES string of the molecule is CCN(CCOC(=O)C12C3C4(C(=O)OCCN(CC)c5ccc(N=Nc6ccc([N+](=O)[O-])cc6)cc5)C1C1(C(=O)OCCN(CC)c5ccc(N=Nc6ccc([N+](=O)[O-])cc6)cc5)C2C3(C(=O)OCCN(CC)c2ccc(N=Nc3ccc([N+](=O)[O-])cc3)cc2)C41)c1ccc(N=Nc2ccc([N+](=O)[O-])cc2)cc1. The van der Waals surface area contributed by atoms with E-state index in [2.05, 4.69) is 40.9 Å². The Balaban J connectivity index is 0.738. The number of carbonyl (C=O) groups is 4. The smallest absolute Gasteiger partial charge is 0.313 e. The number of nitro benzene ring substituents is 4. The average Bonchev–Trinajstić information content (AvgIpc) is 0.522. The number of ether oxygens (including phenoxy) is 4. The van der Waals surface area contributed by atoms with Gasteiger partial charge < -0.3 is 38.5 Å². The number of likely N-dealkylation sites (N-methyl/N-ethyl adjacent to an activating group) is 4. The quantitative estimate of drug-likeness (QED) is 0.0116. The molecule has 0 heterocycles. The molecule has 32 heteroatoms. The van der Waals surface area contributed by atoms with Crippen LogP contribution in [0.5, 0.6) is 0 Å². The van der Waals surface area contributed by atoms with Crippen LogP contribution in [0, 0.1) is 85.8 Å². The second kappa shape index (κ2) is 30.5. The average molecular weight is 1470 g/mol. The standard InChI is InChI=1S/C76H72N16O16/c1-5-85(57-25-9-49(10-26-57)77-81-53-17-33-61(34-18-53)89(97)98)41-45-105-69(93)73-65-74(70(94)106-46-42-86(6-2)58-27-11-50(12-28-58)78-82-54-19-35-62(36-20-54)90(99)100)66(73)76(72(96)108-48-44-88(8-4)60-31-15-52(16-32-60)80-84-56-23-39-64(40-24-56)92(103)104)67(73)75(65,68(74)76)71(95)107-47-43-87(7-3)59-29-13-51(14-30-59)79-83-55-21-37-63(38-22-55)91(101)102/h9-40,65-68H,5-8,41-48H2,1-4H3. The second-order valence-corrected chi connectivity index (χ2v) is 26.3. The molecule has 6 saturated carbocycles. The summed E-state index contributed by atoms with van der Waals surface area (Å²) in [5.74, 6) is -6.35. The Morgan fingerprint density at radius 1 is 0.287 bits per heavy atom. The molecule has 6 aliphatic carbocycles. The number of nitro groups is 4. The van der Waals surface area contributed by atoms with Crippen molar-refractivity contribution < 1.29 is 57.8 Å². The fourth-order valence-corrected chi connectivity index (χ4v) is 16.9. The maximum Gasteiger partial charge on any atom is 0.313 e. The van der Waals surface area contributed by atoms with E-state index in [1.54, 1.807) is 48.5 Å². The molecule has 32 nitrogen and oxygen atoms in total. The van der Waals surface area contributed by atoms with Crippen LogP contribution >= 0.6 is 0 Å². The molecule has 6 fully saturated rings. The minimum Gasteiger partial charge on any atom is -0.463 e. The number of carbonyl (C=O) groups excluding carboxylic acids is 4. The summed E-state index contributed by atoms with van der Waals surface area (Å²) >= 11 is 0. The number of non-ortho nitro benzene ring substituents is 4. The minimum absolute atomic E-state index is 0.0746. The van der Waals surface area contributed by atoms with E-state index in [-0.39, 0.29) is 75.4 Å². The molecule has 0 saturated heterocycles. The van der Waals surface area contributed by atoms with Crippen molar-refractivity contribution in [2.45, 2.75) is 27.7 Å². The van der Waals surface area contributed by atoms with Crippen LogP contribution in [0.25, 0.3) is 0 Å².